The lowest BCUT2D eigenvalue weighted by atomic mass is 10.2. The first-order chi connectivity index (χ1) is 16.1. The fourth-order valence-corrected chi connectivity index (χ4v) is 7.39. The monoisotopic (exact) mass is 541 g/mol. The van der Waals surface area contributed by atoms with Crippen LogP contribution in [0.15, 0.2) is 57.8 Å². The molecule has 1 aliphatic rings. The number of hydrogen-bond acceptors (Lipinski definition) is 8. The van der Waals surface area contributed by atoms with Crippen molar-refractivity contribution in [3.8, 4) is 0 Å². The molecule has 1 amide bonds. The molecule has 2 heterocycles. The molecule has 1 N–H and O–H groups in total. The van der Waals surface area contributed by atoms with Gasteiger partial charge in [-0.2, -0.15) is 8.61 Å². The van der Waals surface area contributed by atoms with Gasteiger partial charge in [0, 0.05) is 26.2 Å². The number of carbonyl (C=O) groups excluding carboxylic acids is 1. The van der Waals surface area contributed by atoms with E-state index in [1.165, 1.54) is 22.5 Å². The molecule has 0 bridgehead atoms. The summed E-state index contributed by atoms with van der Waals surface area (Å²) < 4.78 is 53.9. The third-order valence-electron chi connectivity index (χ3n) is 5.16. The molecule has 34 heavy (non-hydrogen) atoms. The van der Waals surface area contributed by atoms with Crippen molar-refractivity contribution >= 4 is 54.0 Å². The van der Waals surface area contributed by atoms with E-state index in [1.54, 1.807) is 30.3 Å². The van der Waals surface area contributed by atoms with Gasteiger partial charge in [-0.15, -0.1) is 10.2 Å². The molecular weight excluding hydrogens is 522 g/mol. The number of sulfonamides is 2. The van der Waals surface area contributed by atoms with Gasteiger partial charge in [0.2, 0.25) is 19.5 Å². The maximum Gasteiger partial charge on any atom is 0.272 e. The van der Waals surface area contributed by atoms with Crippen molar-refractivity contribution in [3.05, 3.63) is 64.7 Å². The maximum absolute atomic E-state index is 13.0. The smallest absolute Gasteiger partial charge is 0.272 e. The summed E-state index contributed by atoms with van der Waals surface area (Å²) in [6.45, 7) is 1.80. The molecule has 0 spiro atoms. The third-order valence-corrected chi connectivity index (χ3v) is 10.5. The first-order valence-corrected chi connectivity index (χ1v) is 14.1. The molecule has 10 nitrogen and oxygen atoms in total. The largest absolute Gasteiger partial charge is 0.296 e. The first kappa shape index (κ1) is 24.7. The van der Waals surface area contributed by atoms with E-state index in [-0.39, 0.29) is 51.1 Å². The highest BCUT2D eigenvalue weighted by atomic mass is 35.5. The van der Waals surface area contributed by atoms with E-state index in [4.69, 9.17) is 11.6 Å². The second kappa shape index (κ2) is 9.68. The van der Waals surface area contributed by atoms with Crippen LogP contribution < -0.4 is 5.32 Å². The van der Waals surface area contributed by atoms with Gasteiger partial charge in [-0.25, -0.2) is 16.8 Å². The predicted octanol–water partition coefficient (Wildman–Crippen LogP) is 2.45. The van der Waals surface area contributed by atoms with E-state index in [2.05, 4.69) is 15.5 Å². The molecule has 2 aromatic carbocycles. The highest BCUT2D eigenvalue weighted by Crippen LogP contribution is 2.26. The Kier molecular flexibility index (Phi) is 7.03. The quantitative estimate of drug-likeness (QED) is 0.474. The van der Waals surface area contributed by atoms with E-state index in [9.17, 15) is 21.6 Å². The molecule has 1 aliphatic heterocycles. The molecule has 4 rings (SSSR count). The molecule has 14 heteroatoms. The summed E-state index contributed by atoms with van der Waals surface area (Å²) in [5.41, 5.74) is 1.16. The van der Waals surface area contributed by atoms with Gasteiger partial charge in [-0.3, -0.25) is 10.1 Å². The van der Waals surface area contributed by atoms with Crippen LogP contribution in [0.1, 0.15) is 15.9 Å². The lowest BCUT2D eigenvalue weighted by molar-refractivity contribution is 0.102. The van der Waals surface area contributed by atoms with Crippen molar-refractivity contribution in [2.75, 3.05) is 31.5 Å². The summed E-state index contributed by atoms with van der Waals surface area (Å²) in [4.78, 5) is 12.5. The Balaban J connectivity index is 1.43. The Hall–Kier alpha value is -2.42. The second-order valence-electron chi connectivity index (χ2n) is 7.43. The molecule has 0 atom stereocenters. The molecule has 180 valence electrons. The molecule has 1 aromatic heterocycles. The van der Waals surface area contributed by atoms with E-state index in [0.29, 0.717) is 11.3 Å². The lowest BCUT2D eigenvalue weighted by Gasteiger charge is -2.32. The van der Waals surface area contributed by atoms with Crippen molar-refractivity contribution in [2.24, 2.45) is 0 Å². The zero-order chi connectivity index (χ0) is 24.5. The highest BCUT2D eigenvalue weighted by Gasteiger charge is 2.35. The third kappa shape index (κ3) is 4.99. The number of anilines is 1. The highest BCUT2D eigenvalue weighted by molar-refractivity contribution is 7.91. The van der Waals surface area contributed by atoms with Crippen LogP contribution >= 0.6 is 22.9 Å². The number of carbonyl (C=O) groups is 1. The molecular formula is C20H20ClN5O5S3. The number of piperazine rings is 1. The zero-order valence-electron chi connectivity index (χ0n) is 17.9. The van der Waals surface area contributed by atoms with Gasteiger partial charge in [0.25, 0.3) is 15.9 Å². The SMILES string of the molecule is Cc1ccc(S(=O)(=O)N2CCN(S(=O)(=O)c3nnc(NC(=O)c4ccccc4Cl)s3)CC2)cc1. The fourth-order valence-electron chi connectivity index (χ4n) is 3.29. The van der Waals surface area contributed by atoms with Crippen LogP contribution in [0.5, 0.6) is 0 Å². The summed E-state index contributed by atoms with van der Waals surface area (Å²) in [7, 11) is -7.73. The summed E-state index contributed by atoms with van der Waals surface area (Å²) in [5, 5.41) is 10.2. The van der Waals surface area contributed by atoms with Crippen LogP contribution in [0.2, 0.25) is 5.02 Å². The molecule has 0 aliphatic carbocycles. The van der Waals surface area contributed by atoms with E-state index < -0.39 is 26.0 Å². The van der Waals surface area contributed by atoms with Crippen molar-refractivity contribution in [1.29, 1.82) is 0 Å². The van der Waals surface area contributed by atoms with Crippen LogP contribution in [0, 0.1) is 6.92 Å². The maximum atomic E-state index is 13.0. The number of nitrogens with one attached hydrogen (secondary N) is 1. The Morgan fingerprint density at radius 3 is 2.12 bits per heavy atom. The van der Waals surface area contributed by atoms with E-state index >= 15 is 0 Å². The average Bonchev–Trinajstić information content (AvgIpc) is 3.29. The van der Waals surface area contributed by atoms with Crippen molar-refractivity contribution in [3.63, 3.8) is 0 Å². The van der Waals surface area contributed by atoms with E-state index in [0.717, 1.165) is 9.87 Å². The molecule has 1 saturated heterocycles. The fraction of sp³-hybridized carbons (Fsp3) is 0.250. The minimum absolute atomic E-state index is 0.00378. The number of nitrogens with zero attached hydrogens (tertiary/aromatic N) is 4. The van der Waals surface area contributed by atoms with Crippen LogP contribution in [-0.4, -0.2) is 67.7 Å². The van der Waals surface area contributed by atoms with Gasteiger partial charge >= 0.3 is 0 Å². The number of amides is 1. The first-order valence-electron chi connectivity index (χ1n) is 10.1. The van der Waals surface area contributed by atoms with Gasteiger partial charge in [-0.1, -0.05) is 52.8 Å². The predicted molar refractivity (Wildman–Crippen MR) is 128 cm³/mol. The number of hydrogen-bond donors (Lipinski definition) is 1. The second-order valence-corrected chi connectivity index (χ2v) is 12.9. The number of benzene rings is 2. The van der Waals surface area contributed by atoms with E-state index in [1.807, 2.05) is 6.92 Å². The van der Waals surface area contributed by atoms with Gasteiger partial charge in [0.1, 0.15) is 0 Å². The number of halogens is 1. The van der Waals surface area contributed by atoms with Gasteiger partial charge in [-0.05, 0) is 31.2 Å². The average molecular weight is 542 g/mol. The molecule has 0 saturated carbocycles. The summed E-state index contributed by atoms with van der Waals surface area (Å²) >= 11 is 6.72. The number of aryl methyl sites for hydroxylation is 1. The van der Waals surface area contributed by atoms with Gasteiger partial charge in [0.15, 0.2) is 0 Å². The molecule has 3 aromatic rings. The number of aromatic nitrogens is 2. The summed E-state index contributed by atoms with van der Waals surface area (Å²) in [5.74, 6) is -0.541. The zero-order valence-corrected chi connectivity index (χ0v) is 21.1. The minimum atomic E-state index is -4.01. The molecule has 0 unspecified atom stereocenters. The van der Waals surface area contributed by atoms with Crippen LogP contribution in [0.4, 0.5) is 5.13 Å². The van der Waals surface area contributed by atoms with Crippen LogP contribution in [0.25, 0.3) is 0 Å². The van der Waals surface area contributed by atoms with Crippen molar-refractivity contribution in [2.45, 2.75) is 16.2 Å². The van der Waals surface area contributed by atoms with Crippen LogP contribution in [-0.2, 0) is 20.0 Å². The molecule has 1 fully saturated rings. The Bertz CT molecular complexity index is 1420. The standard InChI is InChI=1S/C20H20ClN5O5S3/c1-14-6-8-15(9-7-14)33(28,29)25-10-12-26(13-11-25)34(30,31)20-24-23-19(32-20)22-18(27)16-4-2-3-5-17(16)21/h2-9H,10-13H2,1H3,(H,22,23,27). The Morgan fingerprint density at radius 1 is 0.912 bits per heavy atom. The summed E-state index contributed by atoms with van der Waals surface area (Å²) in [6, 6.07) is 12.9. The van der Waals surface area contributed by atoms with Crippen molar-refractivity contribution < 1.29 is 21.6 Å². The minimum Gasteiger partial charge on any atom is -0.296 e. The van der Waals surface area contributed by atoms with Gasteiger partial charge < -0.3 is 0 Å². The number of rotatable bonds is 6. The van der Waals surface area contributed by atoms with Gasteiger partial charge in [0.05, 0.1) is 15.5 Å². The topological polar surface area (TPSA) is 130 Å². The van der Waals surface area contributed by atoms with Crippen molar-refractivity contribution in [1.82, 2.24) is 18.8 Å². The summed E-state index contributed by atoms with van der Waals surface area (Å²) in [6.07, 6.45) is 0. The lowest BCUT2D eigenvalue weighted by Crippen LogP contribution is -2.50. The Morgan fingerprint density at radius 2 is 1.50 bits per heavy atom. The van der Waals surface area contributed by atoms with Crippen LogP contribution in [0.3, 0.4) is 0 Å². The molecule has 0 radical (unpaired) electrons. The Labute approximate surface area is 206 Å². The normalized spacial score (nSPS) is 15.8.